The van der Waals surface area contributed by atoms with E-state index in [9.17, 15) is 0 Å². The molecule has 3 rings (SSSR count). The van der Waals surface area contributed by atoms with Crippen molar-refractivity contribution in [3.05, 3.63) is 41.7 Å². The highest BCUT2D eigenvalue weighted by molar-refractivity contribution is 14.0. The van der Waals surface area contributed by atoms with Crippen molar-refractivity contribution in [3.8, 4) is 0 Å². The maximum absolute atomic E-state index is 6.05. The predicted octanol–water partition coefficient (Wildman–Crippen LogP) is 2.55. The van der Waals surface area contributed by atoms with Crippen LogP contribution >= 0.6 is 24.0 Å². The number of benzene rings is 1. The molecule has 0 radical (unpaired) electrons. The van der Waals surface area contributed by atoms with E-state index in [0.29, 0.717) is 5.96 Å². The normalized spacial score (nSPS) is 17.2. The van der Waals surface area contributed by atoms with Crippen LogP contribution in [0.15, 0.2) is 41.2 Å². The third-order valence-electron chi connectivity index (χ3n) is 3.70. The standard InChI is InChI=1S/C15H20N4.HI/c1-2-9-18-10-8-14(17-15(18)16)19-11-7-12-5-3-4-6-13(12)19;/h3-6,8H,2,7,9-11H2,1H3,(H2,16,17);1H. The van der Waals surface area contributed by atoms with Crippen LogP contribution in [0.25, 0.3) is 0 Å². The van der Waals surface area contributed by atoms with Crippen molar-refractivity contribution in [2.45, 2.75) is 19.8 Å². The lowest BCUT2D eigenvalue weighted by Crippen LogP contribution is -2.41. The molecule has 0 saturated heterocycles. The highest BCUT2D eigenvalue weighted by Gasteiger charge is 2.23. The first-order valence-electron chi connectivity index (χ1n) is 6.94. The second-order valence-electron chi connectivity index (χ2n) is 5.01. The summed E-state index contributed by atoms with van der Waals surface area (Å²) < 4.78 is 0. The lowest BCUT2D eigenvalue weighted by Gasteiger charge is -2.29. The molecule has 0 atom stereocenters. The van der Waals surface area contributed by atoms with Gasteiger partial charge in [-0.1, -0.05) is 25.1 Å². The fourth-order valence-corrected chi connectivity index (χ4v) is 2.74. The van der Waals surface area contributed by atoms with Crippen LogP contribution < -0.4 is 10.6 Å². The molecule has 2 N–H and O–H groups in total. The van der Waals surface area contributed by atoms with Gasteiger partial charge in [-0.25, -0.2) is 0 Å². The Morgan fingerprint density at radius 2 is 2.10 bits per heavy atom. The van der Waals surface area contributed by atoms with E-state index in [1.165, 1.54) is 11.3 Å². The summed E-state index contributed by atoms with van der Waals surface area (Å²) in [5.41, 5.74) is 8.72. The Balaban J connectivity index is 0.00000147. The van der Waals surface area contributed by atoms with Gasteiger partial charge < -0.3 is 15.5 Å². The molecule has 0 spiro atoms. The number of hydrogen-bond donors (Lipinski definition) is 1. The summed E-state index contributed by atoms with van der Waals surface area (Å²) in [5, 5.41) is 0. The Labute approximate surface area is 137 Å². The number of nitrogens with zero attached hydrogens (tertiary/aromatic N) is 3. The van der Waals surface area contributed by atoms with Gasteiger partial charge >= 0.3 is 0 Å². The molecule has 0 aliphatic carbocycles. The SMILES string of the molecule is CCCN1CC=C(N2CCc3ccccc32)N=C1N.I. The predicted molar refractivity (Wildman–Crippen MR) is 94.5 cm³/mol. The molecule has 108 valence electrons. The average Bonchev–Trinajstić information content (AvgIpc) is 2.85. The van der Waals surface area contributed by atoms with Crippen LogP contribution in [0.1, 0.15) is 18.9 Å². The van der Waals surface area contributed by atoms with Gasteiger partial charge in [-0.15, -0.1) is 24.0 Å². The number of rotatable bonds is 3. The maximum Gasteiger partial charge on any atom is 0.198 e. The second-order valence-corrected chi connectivity index (χ2v) is 5.01. The topological polar surface area (TPSA) is 44.9 Å². The highest BCUT2D eigenvalue weighted by atomic mass is 127. The van der Waals surface area contributed by atoms with Gasteiger partial charge in [0.05, 0.1) is 0 Å². The number of guanidine groups is 1. The van der Waals surface area contributed by atoms with Crippen molar-refractivity contribution < 1.29 is 0 Å². The second kappa shape index (κ2) is 6.47. The third kappa shape index (κ3) is 2.77. The minimum Gasteiger partial charge on any atom is -0.369 e. The molecule has 0 bridgehead atoms. The molecule has 0 fully saturated rings. The summed E-state index contributed by atoms with van der Waals surface area (Å²) in [5.74, 6) is 1.64. The van der Waals surface area contributed by atoms with Gasteiger partial charge in [0.2, 0.25) is 0 Å². The number of fused-ring (bicyclic) bond motifs is 1. The molecule has 0 amide bonds. The number of aliphatic imine (C=N–C) groups is 1. The molecule has 1 aromatic rings. The molecule has 20 heavy (non-hydrogen) atoms. The van der Waals surface area contributed by atoms with Crippen molar-refractivity contribution in [3.63, 3.8) is 0 Å². The fraction of sp³-hybridized carbons (Fsp3) is 0.400. The zero-order valence-corrected chi connectivity index (χ0v) is 14.1. The lowest BCUT2D eigenvalue weighted by atomic mass is 10.2. The van der Waals surface area contributed by atoms with Crippen LogP contribution in [-0.2, 0) is 6.42 Å². The van der Waals surface area contributed by atoms with Crippen molar-refractivity contribution in [1.29, 1.82) is 0 Å². The first-order chi connectivity index (χ1) is 9.29. The summed E-state index contributed by atoms with van der Waals surface area (Å²) in [4.78, 5) is 8.96. The van der Waals surface area contributed by atoms with E-state index in [-0.39, 0.29) is 24.0 Å². The molecule has 5 heteroatoms. The van der Waals surface area contributed by atoms with E-state index in [0.717, 1.165) is 38.3 Å². The van der Waals surface area contributed by atoms with E-state index in [1.54, 1.807) is 0 Å². The number of anilines is 1. The Kier molecular flexibility index (Phi) is 4.91. The van der Waals surface area contributed by atoms with Gasteiger partial charge in [0, 0.05) is 25.3 Å². The monoisotopic (exact) mass is 384 g/mol. The lowest BCUT2D eigenvalue weighted by molar-refractivity contribution is 0.445. The van der Waals surface area contributed by atoms with Crippen molar-refractivity contribution >= 4 is 35.6 Å². The molecular weight excluding hydrogens is 363 g/mol. The van der Waals surface area contributed by atoms with E-state index < -0.39 is 0 Å². The van der Waals surface area contributed by atoms with Crippen molar-refractivity contribution in [1.82, 2.24) is 4.90 Å². The fourth-order valence-electron chi connectivity index (χ4n) is 2.74. The largest absolute Gasteiger partial charge is 0.369 e. The van der Waals surface area contributed by atoms with Crippen LogP contribution in [0.4, 0.5) is 5.69 Å². The van der Waals surface area contributed by atoms with Crippen LogP contribution in [0.3, 0.4) is 0 Å². The van der Waals surface area contributed by atoms with E-state index >= 15 is 0 Å². The number of halogens is 1. The zero-order valence-electron chi connectivity index (χ0n) is 11.7. The number of hydrogen-bond acceptors (Lipinski definition) is 4. The average molecular weight is 384 g/mol. The third-order valence-corrected chi connectivity index (χ3v) is 3.70. The molecule has 2 aliphatic rings. The molecule has 0 saturated carbocycles. The first-order valence-corrected chi connectivity index (χ1v) is 6.94. The van der Waals surface area contributed by atoms with Gasteiger partial charge in [0.1, 0.15) is 5.82 Å². The molecule has 0 aromatic heterocycles. The van der Waals surface area contributed by atoms with Crippen molar-refractivity contribution in [2.24, 2.45) is 10.7 Å². The first kappa shape index (κ1) is 15.2. The molecular formula is C15H21IN4. The summed E-state index contributed by atoms with van der Waals surface area (Å²) in [6.45, 7) is 4.98. The summed E-state index contributed by atoms with van der Waals surface area (Å²) in [6, 6.07) is 8.53. The van der Waals surface area contributed by atoms with Crippen LogP contribution in [0.2, 0.25) is 0 Å². The summed E-state index contributed by atoms with van der Waals surface area (Å²) >= 11 is 0. The minimum atomic E-state index is 0. The van der Waals surface area contributed by atoms with Gasteiger partial charge in [-0.05, 0) is 30.5 Å². The molecule has 1 aromatic carbocycles. The molecule has 2 aliphatic heterocycles. The Morgan fingerprint density at radius 1 is 1.30 bits per heavy atom. The Hall–Kier alpha value is -1.24. The quantitative estimate of drug-likeness (QED) is 0.815. The molecule has 2 heterocycles. The smallest absolute Gasteiger partial charge is 0.198 e. The Morgan fingerprint density at radius 3 is 2.85 bits per heavy atom. The minimum absolute atomic E-state index is 0. The van der Waals surface area contributed by atoms with Crippen LogP contribution in [0.5, 0.6) is 0 Å². The zero-order chi connectivity index (χ0) is 13.2. The summed E-state index contributed by atoms with van der Waals surface area (Å²) in [6.07, 6.45) is 4.35. The van der Waals surface area contributed by atoms with E-state index in [4.69, 9.17) is 5.73 Å². The van der Waals surface area contributed by atoms with Gasteiger partial charge in [-0.2, -0.15) is 4.99 Å². The van der Waals surface area contributed by atoms with E-state index in [1.807, 2.05) is 0 Å². The number of nitrogens with two attached hydrogens (primary N) is 1. The highest BCUT2D eigenvalue weighted by Crippen LogP contribution is 2.31. The van der Waals surface area contributed by atoms with Gasteiger partial charge in [0.25, 0.3) is 0 Å². The van der Waals surface area contributed by atoms with Gasteiger partial charge in [0.15, 0.2) is 5.96 Å². The summed E-state index contributed by atoms with van der Waals surface area (Å²) in [7, 11) is 0. The number of para-hydroxylation sites is 1. The van der Waals surface area contributed by atoms with Crippen LogP contribution in [-0.4, -0.2) is 30.5 Å². The molecule has 4 nitrogen and oxygen atoms in total. The van der Waals surface area contributed by atoms with E-state index in [2.05, 4.69) is 52.1 Å². The Bertz CT molecular complexity index is 538. The molecule has 0 unspecified atom stereocenters. The van der Waals surface area contributed by atoms with Gasteiger partial charge in [-0.3, -0.25) is 0 Å². The van der Waals surface area contributed by atoms with Crippen LogP contribution in [0, 0.1) is 0 Å². The van der Waals surface area contributed by atoms with Crippen molar-refractivity contribution in [2.75, 3.05) is 24.5 Å². The maximum atomic E-state index is 6.05.